The van der Waals surface area contributed by atoms with E-state index in [4.69, 9.17) is 5.11 Å². The maximum absolute atomic E-state index is 10.6. The molecule has 1 unspecified atom stereocenters. The minimum Gasteiger partial charge on any atom is -0.480 e. The highest BCUT2D eigenvalue weighted by Crippen LogP contribution is 2.20. The molecule has 7 heteroatoms. The van der Waals surface area contributed by atoms with Crippen LogP contribution in [0.1, 0.15) is 6.92 Å². The van der Waals surface area contributed by atoms with Crippen molar-refractivity contribution in [3.63, 3.8) is 0 Å². The summed E-state index contributed by atoms with van der Waals surface area (Å²) in [6.45, 7) is 1.38. The smallest absolute Gasteiger partial charge is 0.325 e. The van der Waals surface area contributed by atoms with Crippen molar-refractivity contribution in [3.05, 3.63) is 28.4 Å². The second-order valence-electron chi connectivity index (χ2n) is 2.83. The third kappa shape index (κ3) is 2.63. The topological polar surface area (TPSA) is 105 Å². The van der Waals surface area contributed by atoms with E-state index in [9.17, 15) is 14.9 Å². The lowest BCUT2D eigenvalue weighted by Crippen LogP contribution is -2.26. The first-order valence-electron chi connectivity index (χ1n) is 4.11. The van der Waals surface area contributed by atoms with Crippen LogP contribution in [0.25, 0.3) is 0 Å². The average molecular weight is 211 g/mol. The summed E-state index contributed by atoms with van der Waals surface area (Å²) in [5.41, 5.74) is -0.245. The van der Waals surface area contributed by atoms with Gasteiger partial charge in [0, 0.05) is 12.3 Å². The number of rotatable bonds is 4. The van der Waals surface area contributed by atoms with E-state index in [0.717, 1.165) is 0 Å². The Balaban J connectivity index is 2.94. The lowest BCUT2D eigenvalue weighted by molar-refractivity contribution is -0.384. The molecule has 1 aromatic heterocycles. The molecule has 0 aromatic carbocycles. The van der Waals surface area contributed by atoms with Crippen molar-refractivity contribution >= 4 is 17.5 Å². The SMILES string of the molecule is CC(Nc1ncccc1[N+](=O)[O-])C(=O)O. The number of carboxylic acid groups (broad SMARTS) is 1. The highest BCUT2D eigenvalue weighted by atomic mass is 16.6. The van der Waals surface area contributed by atoms with Crippen LogP contribution >= 0.6 is 0 Å². The number of aliphatic carboxylic acids is 1. The van der Waals surface area contributed by atoms with Gasteiger partial charge in [0.25, 0.3) is 0 Å². The van der Waals surface area contributed by atoms with Gasteiger partial charge in [0.2, 0.25) is 5.82 Å². The fraction of sp³-hybridized carbons (Fsp3) is 0.250. The number of anilines is 1. The second kappa shape index (κ2) is 4.36. The predicted octanol–water partition coefficient (Wildman–Crippen LogP) is 0.875. The van der Waals surface area contributed by atoms with Gasteiger partial charge in [0.15, 0.2) is 0 Å². The average Bonchev–Trinajstić information content (AvgIpc) is 2.18. The van der Waals surface area contributed by atoms with Gasteiger partial charge in [0.05, 0.1) is 4.92 Å². The van der Waals surface area contributed by atoms with Gasteiger partial charge in [-0.2, -0.15) is 0 Å². The molecule has 0 bridgehead atoms. The summed E-state index contributed by atoms with van der Waals surface area (Å²) in [5.74, 6) is -1.15. The molecule has 0 amide bonds. The molecule has 0 saturated carbocycles. The van der Waals surface area contributed by atoms with Crippen LogP contribution in [0.2, 0.25) is 0 Å². The maximum atomic E-state index is 10.6. The van der Waals surface area contributed by atoms with Crippen LogP contribution in [-0.2, 0) is 4.79 Å². The van der Waals surface area contributed by atoms with Gasteiger partial charge in [-0.25, -0.2) is 4.98 Å². The van der Waals surface area contributed by atoms with Gasteiger partial charge in [0.1, 0.15) is 6.04 Å². The Morgan fingerprint density at radius 1 is 1.73 bits per heavy atom. The lowest BCUT2D eigenvalue weighted by atomic mass is 10.3. The summed E-state index contributed by atoms with van der Waals surface area (Å²) >= 11 is 0. The second-order valence-corrected chi connectivity index (χ2v) is 2.83. The van der Waals surface area contributed by atoms with Crippen LogP contribution < -0.4 is 5.32 Å². The quantitative estimate of drug-likeness (QED) is 0.565. The number of hydrogen-bond donors (Lipinski definition) is 2. The minimum absolute atomic E-state index is 0.0441. The zero-order chi connectivity index (χ0) is 11.4. The van der Waals surface area contributed by atoms with E-state index < -0.39 is 16.9 Å². The molecule has 1 rings (SSSR count). The van der Waals surface area contributed by atoms with E-state index in [1.165, 1.54) is 25.3 Å². The van der Waals surface area contributed by atoms with Crippen molar-refractivity contribution in [2.24, 2.45) is 0 Å². The van der Waals surface area contributed by atoms with Gasteiger partial charge in [-0.1, -0.05) is 0 Å². The van der Waals surface area contributed by atoms with Gasteiger partial charge in [-0.15, -0.1) is 0 Å². The van der Waals surface area contributed by atoms with Crippen molar-refractivity contribution in [2.45, 2.75) is 13.0 Å². The highest BCUT2D eigenvalue weighted by Gasteiger charge is 2.18. The number of carbonyl (C=O) groups is 1. The molecule has 7 nitrogen and oxygen atoms in total. The molecule has 0 saturated heterocycles. The van der Waals surface area contributed by atoms with E-state index in [1.54, 1.807) is 0 Å². The van der Waals surface area contributed by atoms with Gasteiger partial charge in [-0.3, -0.25) is 14.9 Å². The summed E-state index contributed by atoms with van der Waals surface area (Å²) in [5, 5.41) is 21.6. The summed E-state index contributed by atoms with van der Waals surface area (Å²) in [4.78, 5) is 24.2. The van der Waals surface area contributed by atoms with Crippen LogP contribution in [-0.4, -0.2) is 27.0 Å². The number of aromatic nitrogens is 1. The molecule has 1 heterocycles. The van der Waals surface area contributed by atoms with Crippen molar-refractivity contribution in [1.29, 1.82) is 0 Å². The molecule has 80 valence electrons. The van der Waals surface area contributed by atoms with Gasteiger partial charge in [-0.05, 0) is 13.0 Å². The highest BCUT2D eigenvalue weighted by molar-refractivity contribution is 5.77. The Labute approximate surface area is 84.9 Å². The first-order valence-corrected chi connectivity index (χ1v) is 4.11. The monoisotopic (exact) mass is 211 g/mol. The van der Waals surface area contributed by atoms with Gasteiger partial charge >= 0.3 is 11.7 Å². The molecule has 1 atom stereocenters. The number of pyridine rings is 1. The third-order valence-electron chi connectivity index (χ3n) is 1.71. The Kier molecular flexibility index (Phi) is 3.17. The first-order chi connectivity index (χ1) is 7.02. The van der Waals surface area contributed by atoms with E-state index >= 15 is 0 Å². The molecule has 2 N–H and O–H groups in total. The Morgan fingerprint density at radius 2 is 2.40 bits per heavy atom. The molecule has 15 heavy (non-hydrogen) atoms. The fourth-order valence-electron chi connectivity index (χ4n) is 0.922. The third-order valence-corrected chi connectivity index (χ3v) is 1.71. The molecular weight excluding hydrogens is 202 g/mol. The zero-order valence-electron chi connectivity index (χ0n) is 7.88. The summed E-state index contributed by atoms with van der Waals surface area (Å²) in [6.07, 6.45) is 1.35. The fourth-order valence-corrected chi connectivity index (χ4v) is 0.922. The minimum atomic E-state index is -1.10. The van der Waals surface area contributed by atoms with Gasteiger partial charge < -0.3 is 10.4 Å². The van der Waals surface area contributed by atoms with E-state index in [0.29, 0.717) is 0 Å². The predicted molar refractivity (Wildman–Crippen MR) is 51.6 cm³/mol. The molecule has 0 spiro atoms. The van der Waals surface area contributed by atoms with E-state index in [2.05, 4.69) is 10.3 Å². The molecular formula is C8H9N3O4. The summed E-state index contributed by atoms with van der Waals surface area (Å²) in [7, 11) is 0. The van der Waals surface area contributed by atoms with E-state index in [1.807, 2.05) is 0 Å². The van der Waals surface area contributed by atoms with E-state index in [-0.39, 0.29) is 11.5 Å². The molecule has 0 fully saturated rings. The van der Waals surface area contributed by atoms with Crippen molar-refractivity contribution in [1.82, 2.24) is 4.98 Å². The van der Waals surface area contributed by atoms with Crippen LogP contribution in [0, 0.1) is 10.1 Å². The van der Waals surface area contributed by atoms with Crippen molar-refractivity contribution in [3.8, 4) is 0 Å². The zero-order valence-corrected chi connectivity index (χ0v) is 7.88. The Morgan fingerprint density at radius 3 is 2.93 bits per heavy atom. The largest absolute Gasteiger partial charge is 0.480 e. The molecule has 0 aliphatic heterocycles. The maximum Gasteiger partial charge on any atom is 0.325 e. The molecule has 0 aliphatic rings. The number of nitro groups is 1. The van der Waals surface area contributed by atoms with Crippen LogP contribution in [0.5, 0.6) is 0 Å². The first kappa shape index (κ1) is 10.9. The summed E-state index contributed by atoms with van der Waals surface area (Å²) < 4.78 is 0. The molecule has 1 aromatic rings. The number of nitrogens with one attached hydrogen (secondary N) is 1. The Hall–Kier alpha value is -2.18. The number of nitrogens with zero attached hydrogens (tertiary/aromatic N) is 2. The molecule has 0 radical (unpaired) electrons. The normalized spacial score (nSPS) is 11.8. The van der Waals surface area contributed by atoms with Crippen molar-refractivity contribution < 1.29 is 14.8 Å². The molecule has 0 aliphatic carbocycles. The Bertz CT molecular complexity index is 393. The van der Waals surface area contributed by atoms with Crippen LogP contribution in [0.4, 0.5) is 11.5 Å². The van der Waals surface area contributed by atoms with Crippen LogP contribution in [0.3, 0.4) is 0 Å². The lowest BCUT2D eigenvalue weighted by Gasteiger charge is -2.09. The number of carboxylic acids is 1. The van der Waals surface area contributed by atoms with Crippen LogP contribution in [0.15, 0.2) is 18.3 Å². The standard InChI is InChI=1S/C8H9N3O4/c1-5(8(12)13)10-7-6(11(14)15)3-2-4-9-7/h2-5H,1H3,(H,9,10)(H,12,13). The number of hydrogen-bond acceptors (Lipinski definition) is 5. The summed E-state index contributed by atoms with van der Waals surface area (Å²) in [6, 6.07) is 1.73. The van der Waals surface area contributed by atoms with Crippen molar-refractivity contribution in [2.75, 3.05) is 5.32 Å².